The number of nitrogens with zero attached hydrogens (tertiary/aromatic N) is 1. The van der Waals surface area contributed by atoms with E-state index in [4.69, 9.17) is 5.11 Å². The van der Waals surface area contributed by atoms with Gasteiger partial charge in [0.25, 0.3) is 0 Å². The fourth-order valence-corrected chi connectivity index (χ4v) is 3.15. The summed E-state index contributed by atoms with van der Waals surface area (Å²) in [6.07, 6.45) is 5.15. The Bertz CT molecular complexity index is 368. The fraction of sp³-hybridized carbons (Fsp3) is 0.867. The molecule has 0 aromatic heterocycles. The molecule has 1 unspecified atom stereocenters. The fourth-order valence-electron chi connectivity index (χ4n) is 3.15. The van der Waals surface area contributed by atoms with E-state index >= 15 is 0 Å². The molecule has 108 valence electrons. The third-order valence-electron chi connectivity index (χ3n) is 5.40. The lowest BCUT2D eigenvalue weighted by atomic mass is 9.81. The Morgan fingerprint density at radius 1 is 1.16 bits per heavy atom. The third kappa shape index (κ3) is 2.93. The summed E-state index contributed by atoms with van der Waals surface area (Å²) in [7, 11) is 1.90. The third-order valence-corrected chi connectivity index (χ3v) is 5.40. The highest BCUT2D eigenvalue weighted by molar-refractivity contribution is 5.79. The van der Waals surface area contributed by atoms with Gasteiger partial charge in [-0.2, -0.15) is 0 Å². The minimum Gasteiger partial charge on any atom is -0.481 e. The Hall–Kier alpha value is -1.06. The summed E-state index contributed by atoms with van der Waals surface area (Å²) < 4.78 is 0. The predicted molar refractivity (Wildman–Crippen MR) is 72.7 cm³/mol. The summed E-state index contributed by atoms with van der Waals surface area (Å²) in [5, 5.41) is 8.98. The van der Waals surface area contributed by atoms with Crippen molar-refractivity contribution >= 4 is 11.9 Å². The van der Waals surface area contributed by atoms with E-state index in [1.807, 2.05) is 11.9 Å². The van der Waals surface area contributed by atoms with E-state index in [0.717, 1.165) is 12.8 Å². The summed E-state index contributed by atoms with van der Waals surface area (Å²) in [5.41, 5.74) is 0.308. The van der Waals surface area contributed by atoms with Crippen molar-refractivity contribution < 1.29 is 14.7 Å². The number of carbonyl (C=O) groups excluding carboxylic acids is 1. The van der Waals surface area contributed by atoms with Crippen LogP contribution in [0.2, 0.25) is 0 Å². The zero-order chi connectivity index (χ0) is 14.2. The maximum Gasteiger partial charge on any atom is 0.306 e. The van der Waals surface area contributed by atoms with Crippen molar-refractivity contribution in [3.8, 4) is 0 Å². The van der Waals surface area contributed by atoms with Gasteiger partial charge >= 0.3 is 5.97 Å². The van der Waals surface area contributed by atoms with Crippen molar-refractivity contribution in [2.75, 3.05) is 7.05 Å². The van der Waals surface area contributed by atoms with Gasteiger partial charge in [-0.15, -0.1) is 0 Å². The maximum absolute atomic E-state index is 12.5. The van der Waals surface area contributed by atoms with E-state index in [-0.39, 0.29) is 23.8 Å². The van der Waals surface area contributed by atoms with Crippen LogP contribution in [-0.4, -0.2) is 35.0 Å². The van der Waals surface area contributed by atoms with Gasteiger partial charge in [-0.25, -0.2) is 0 Å². The Labute approximate surface area is 115 Å². The van der Waals surface area contributed by atoms with Crippen LogP contribution < -0.4 is 0 Å². The molecule has 2 rings (SSSR count). The Morgan fingerprint density at radius 3 is 2.05 bits per heavy atom. The van der Waals surface area contributed by atoms with Crippen molar-refractivity contribution in [1.82, 2.24) is 4.90 Å². The molecule has 0 radical (unpaired) electrons. The number of aliphatic carboxylic acids is 1. The molecule has 2 fully saturated rings. The second kappa shape index (κ2) is 5.14. The van der Waals surface area contributed by atoms with Crippen molar-refractivity contribution in [3.63, 3.8) is 0 Å². The summed E-state index contributed by atoms with van der Waals surface area (Å²) in [4.78, 5) is 25.3. The first-order valence-corrected chi connectivity index (χ1v) is 7.34. The SMILES string of the molecule is CC(N(C)C(=O)C1CCC(C(=O)O)CC1)C1(C)CC1. The molecule has 0 aromatic rings. The molecular formula is C15H25NO3. The van der Waals surface area contributed by atoms with Crippen molar-refractivity contribution in [2.24, 2.45) is 17.3 Å². The van der Waals surface area contributed by atoms with Crippen LogP contribution in [0.5, 0.6) is 0 Å². The molecule has 19 heavy (non-hydrogen) atoms. The molecule has 0 bridgehead atoms. The van der Waals surface area contributed by atoms with Gasteiger partial charge in [0.2, 0.25) is 5.91 Å². The monoisotopic (exact) mass is 267 g/mol. The van der Waals surface area contributed by atoms with E-state index < -0.39 is 5.97 Å². The van der Waals surface area contributed by atoms with Crippen LogP contribution in [0.3, 0.4) is 0 Å². The highest BCUT2D eigenvalue weighted by Gasteiger charge is 2.46. The van der Waals surface area contributed by atoms with E-state index in [1.165, 1.54) is 12.8 Å². The average Bonchev–Trinajstić information content (AvgIpc) is 3.15. The van der Waals surface area contributed by atoms with Gasteiger partial charge in [0.05, 0.1) is 5.92 Å². The lowest BCUT2D eigenvalue weighted by Gasteiger charge is -2.35. The first kappa shape index (κ1) is 14.4. The number of rotatable bonds is 4. The summed E-state index contributed by atoms with van der Waals surface area (Å²) in [5.74, 6) is -0.708. The largest absolute Gasteiger partial charge is 0.481 e. The number of carboxylic acid groups (broad SMARTS) is 1. The van der Waals surface area contributed by atoms with Crippen molar-refractivity contribution in [3.05, 3.63) is 0 Å². The van der Waals surface area contributed by atoms with Gasteiger partial charge in [-0.3, -0.25) is 9.59 Å². The summed E-state index contributed by atoms with van der Waals surface area (Å²) >= 11 is 0. The Balaban J connectivity index is 1.88. The molecule has 2 saturated carbocycles. The van der Waals surface area contributed by atoms with Crippen LogP contribution in [0.4, 0.5) is 0 Å². The Morgan fingerprint density at radius 2 is 1.63 bits per heavy atom. The lowest BCUT2D eigenvalue weighted by molar-refractivity contribution is -0.146. The average molecular weight is 267 g/mol. The van der Waals surface area contributed by atoms with Gasteiger partial charge in [0.15, 0.2) is 0 Å². The molecule has 0 aromatic carbocycles. The molecule has 0 spiro atoms. The molecule has 2 aliphatic carbocycles. The molecule has 1 amide bonds. The van der Waals surface area contributed by atoms with Gasteiger partial charge in [0.1, 0.15) is 0 Å². The molecule has 4 heteroatoms. The highest BCUT2D eigenvalue weighted by Crippen LogP contribution is 2.49. The van der Waals surface area contributed by atoms with Crippen LogP contribution in [0.1, 0.15) is 52.4 Å². The number of carboxylic acids is 1. The first-order valence-electron chi connectivity index (χ1n) is 7.34. The molecule has 0 saturated heterocycles. The minimum atomic E-state index is -0.710. The molecule has 4 nitrogen and oxygen atoms in total. The number of carbonyl (C=O) groups is 2. The zero-order valence-electron chi connectivity index (χ0n) is 12.2. The minimum absolute atomic E-state index is 0.0328. The van der Waals surface area contributed by atoms with Crippen molar-refractivity contribution in [1.29, 1.82) is 0 Å². The van der Waals surface area contributed by atoms with E-state index in [1.54, 1.807) is 0 Å². The maximum atomic E-state index is 12.5. The number of hydrogen-bond donors (Lipinski definition) is 1. The van der Waals surface area contributed by atoms with E-state index in [2.05, 4.69) is 13.8 Å². The quantitative estimate of drug-likeness (QED) is 0.851. The second-order valence-electron chi connectivity index (χ2n) is 6.67. The smallest absolute Gasteiger partial charge is 0.306 e. The van der Waals surface area contributed by atoms with E-state index in [9.17, 15) is 9.59 Å². The number of amides is 1. The second-order valence-corrected chi connectivity index (χ2v) is 6.67. The molecule has 1 atom stereocenters. The molecule has 1 N–H and O–H groups in total. The summed E-state index contributed by atoms with van der Waals surface area (Å²) in [6.45, 7) is 4.37. The standard InChI is InChI=1S/C15H25NO3/c1-10(15(2)8-9-15)16(3)13(17)11-4-6-12(7-5-11)14(18)19/h10-12H,4-9H2,1-3H3,(H,18,19). The molecule has 2 aliphatic rings. The van der Waals surface area contributed by atoms with Gasteiger partial charge in [-0.1, -0.05) is 6.92 Å². The highest BCUT2D eigenvalue weighted by atomic mass is 16.4. The first-order chi connectivity index (χ1) is 8.85. The van der Waals surface area contributed by atoms with Crippen LogP contribution in [0.15, 0.2) is 0 Å². The van der Waals surface area contributed by atoms with Crippen LogP contribution in [-0.2, 0) is 9.59 Å². The van der Waals surface area contributed by atoms with Gasteiger partial charge in [-0.05, 0) is 50.9 Å². The lowest BCUT2D eigenvalue weighted by Crippen LogP contribution is -2.44. The topological polar surface area (TPSA) is 57.6 Å². The molecule has 0 heterocycles. The summed E-state index contributed by atoms with van der Waals surface area (Å²) in [6, 6.07) is 0.289. The van der Waals surface area contributed by atoms with Crippen LogP contribution in [0, 0.1) is 17.3 Å². The van der Waals surface area contributed by atoms with Crippen LogP contribution in [0.25, 0.3) is 0 Å². The molecule has 0 aliphatic heterocycles. The normalized spacial score (nSPS) is 30.5. The number of hydrogen-bond acceptors (Lipinski definition) is 2. The van der Waals surface area contributed by atoms with Crippen LogP contribution >= 0.6 is 0 Å². The predicted octanol–water partition coefficient (Wildman–Crippen LogP) is 2.52. The molecular weight excluding hydrogens is 242 g/mol. The van der Waals surface area contributed by atoms with Crippen molar-refractivity contribution in [2.45, 2.75) is 58.4 Å². The van der Waals surface area contributed by atoms with E-state index in [0.29, 0.717) is 18.3 Å². The van der Waals surface area contributed by atoms with Gasteiger partial charge < -0.3 is 10.0 Å². The van der Waals surface area contributed by atoms with Gasteiger partial charge in [0, 0.05) is 19.0 Å². The zero-order valence-corrected chi connectivity index (χ0v) is 12.2. The Kier molecular flexibility index (Phi) is 3.88.